The molecule has 1 atom stereocenters. The quantitative estimate of drug-likeness (QED) is 0.387. The lowest BCUT2D eigenvalue weighted by atomic mass is 9.98. The number of aryl methyl sites for hydroxylation is 2. The van der Waals surface area contributed by atoms with Crippen LogP contribution in [0.5, 0.6) is 5.75 Å². The van der Waals surface area contributed by atoms with Gasteiger partial charge in [-0.2, -0.15) is 10.2 Å². The van der Waals surface area contributed by atoms with Gasteiger partial charge in [-0.3, -0.25) is 9.48 Å². The fraction of sp³-hybridized carbons (Fsp3) is 0.222. The number of esters is 1. The average molecular weight is 484 g/mol. The Morgan fingerprint density at radius 1 is 1.08 bits per heavy atom. The topological polar surface area (TPSA) is 98.9 Å². The third kappa shape index (κ3) is 4.43. The number of fused-ring (bicyclic) bond motifs is 1. The maximum absolute atomic E-state index is 13.2. The highest BCUT2D eigenvalue weighted by molar-refractivity contribution is 6.03. The maximum atomic E-state index is 13.2. The fourth-order valence-corrected chi connectivity index (χ4v) is 4.33. The molecule has 0 radical (unpaired) electrons. The van der Waals surface area contributed by atoms with Crippen LogP contribution >= 0.6 is 0 Å². The molecule has 1 aliphatic heterocycles. The van der Waals surface area contributed by atoms with E-state index in [9.17, 15) is 9.59 Å². The number of nitrogens with zero attached hydrogens (tertiary/aromatic N) is 5. The summed E-state index contributed by atoms with van der Waals surface area (Å²) in [6, 6.07) is 18.6. The van der Waals surface area contributed by atoms with Crippen LogP contribution in [0.4, 0.5) is 0 Å². The molecule has 36 heavy (non-hydrogen) atoms. The van der Waals surface area contributed by atoms with Gasteiger partial charge in [0, 0.05) is 25.1 Å². The predicted molar refractivity (Wildman–Crippen MR) is 134 cm³/mol. The monoisotopic (exact) mass is 483 g/mol. The van der Waals surface area contributed by atoms with Crippen molar-refractivity contribution in [1.82, 2.24) is 19.8 Å². The summed E-state index contributed by atoms with van der Waals surface area (Å²) >= 11 is 0. The molecule has 0 saturated heterocycles. The highest BCUT2D eigenvalue weighted by Crippen LogP contribution is 2.33. The summed E-state index contributed by atoms with van der Waals surface area (Å²) in [5, 5.41) is 11.1. The Morgan fingerprint density at radius 2 is 1.83 bits per heavy atom. The van der Waals surface area contributed by atoms with E-state index in [1.807, 2.05) is 61.5 Å². The number of carbonyl (C=O) groups is 2. The van der Waals surface area contributed by atoms with Crippen molar-refractivity contribution in [3.63, 3.8) is 0 Å². The first-order valence-corrected chi connectivity index (χ1v) is 11.5. The van der Waals surface area contributed by atoms with Gasteiger partial charge in [-0.25, -0.2) is 14.8 Å². The van der Waals surface area contributed by atoms with Gasteiger partial charge in [-0.15, -0.1) is 0 Å². The SMILES string of the molecule is COc1ccc(C2CC(c3ccccc3)=NN2C(=O)COC(=O)c2cnc3c(c2)c(C)nn3C)cc1. The number of benzene rings is 2. The molecule has 2 aromatic heterocycles. The second-order valence-corrected chi connectivity index (χ2v) is 8.52. The highest BCUT2D eigenvalue weighted by atomic mass is 16.5. The maximum Gasteiger partial charge on any atom is 0.340 e. The van der Waals surface area contributed by atoms with Crippen molar-refractivity contribution in [2.24, 2.45) is 12.1 Å². The van der Waals surface area contributed by atoms with E-state index in [0.29, 0.717) is 12.1 Å². The van der Waals surface area contributed by atoms with Crippen molar-refractivity contribution in [3.8, 4) is 5.75 Å². The van der Waals surface area contributed by atoms with Crippen molar-refractivity contribution in [2.75, 3.05) is 13.7 Å². The number of pyridine rings is 1. The van der Waals surface area contributed by atoms with Gasteiger partial charge in [0.05, 0.1) is 30.1 Å². The molecule has 2 aromatic carbocycles. The van der Waals surface area contributed by atoms with Gasteiger partial charge in [0.1, 0.15) is 5.75 Å². The second kappa shape index (κ2) is 9.61. The van der Waals surface area contributed by atoms with Gasteiger partial charge >= 0.3 is 5.97 Å². The average Bonchev–Trinajstić information content (AvgIpc) is 3.48. The number of aromatic nitrogens is 3. The van der Waals surface area contributed by atoms with Crippen LogP contribution in [0.25, 0.3) is 11.0 Å². The van der Waals surface area contributed by atoms with Crippen molar-refractivity contribution in [2.45, 2.75) is 19.4 Å². The fourth-order valence-electron chi connectivity index (χ4n) is 4.33. The zero-order valence-electron chi connectivity index (χ0n) is 20.2. The Hall–Kier alpha value is -4.53. The van der Waals surface area contributed by atoms with Gasteiger partial charge in [0.2, 0.25) is 0 Å². The number of hydrazone groups is 1. The summed E-state index contributed by atoms with van der Waals surface area (Å²) in [4.78, 5) is 30.3. The van der Waals surface area contributed by atoms with Gasteiger partial charge in [-0.05, 0) is 36.2 Å². The number of hydrogen-bond acceptors (Lipinski definition) is 7. The lowest BCUT2D eigenvalue weighted by Gasteiger charge is -2.22. The molecule has 4 aromatic rings. The summed E-state index contributed by atoms with van der Waals surface area (Å²) < 4.78 is 12.3. The van der Waals surface area contributed by atoms with E-state index >= 15 is 0 Å². The molecule has 3 heterocycles. The summed E-state index contributed by atoms with van der Waals surface area (Å²) in [6.45, 7) is 1.40. The molecule has 1 unspecified atom stereocenters. The summed E-state index contributed by atoms with van der Waals surface area (Å²) in [5.41, 5.74) is 4.32. The number of carbonyl (C=O) groups excluding carboxylic acids is 2. The van der Waals surface area contributed by atoms with E-state index in [-0.39, 0.29) is 11.6 Å². The molecular weight excluding hydrogens is 458 g/mol. The number of ether oxygens (including phenoxy) is 2. The van der Waals surface area contributed by atoms with Crippen LogP contribution in [0, 0.1) is 6.92 Å². The molecular formula is C27H25N5O4. The second-order valence-electron chi connectivity index (χ2n) is 8.52. The number of rotatable bonds is 6. The highest BCUT2D eigenvalue weighted by Gasteiger charge is 2.33. The van der Waals surface area contributed by atoms with E-state index in [0.717, 1.165) is 33.7 Å². The third-order valence-electron chi connectivity index (χ3n) is 6.20. The van der Waals surface area contributed by atoms with E-state index < -0.39 is 18.5 Å². The molecule has 0 spiro atoms. The van der Waals surface area contributed by atoms with Gasteiger partial charge in [-0.1, -0.05) is 42.5 Å². The van der Waals surface area contributed by atoms with E-state index in [4.69, 9.17) is 9.47 Å². The zero-order chi connectivity index (χ0) is 25.2. The molecule has 182 valence electrons. The van der Waals surface area contributed by atoms with Gasteiger partial charge < -0.3 is 9.47 Å². The molecule has 9 nitrogen and oxygen atoms in total. The molecule has 0 aliphatic carbocycles. The smallest absolute Gasteiger partial charge is 0.340 e. The van der Waals surface area contributed by atoms with Crippen LogP contribution in [0.2, 0.25) is 0 Å². The number of hydrogen-bond donors (Lipinski definition) is 0. The number of amides is 1. The van der Waals surface area contributed by atoms with Crippen LogP contribution in [-0.2, 0) is 16.6 Å². The molecule has 0 fully saturated rings. The normalized spacial score (nSPS) is 15.1. The minimum Gasteiger partial charge on any atom is -0.497 e. The Balaban J connectivity index is 1.35. The molecule has 0 N–H and O–H groups in total. The van der Waals surface area contributed by atoms with Gasteiger partial charge in [0.15, 0.2) is 12.3 Å². The molecule has 9 heteroatoms. The van der Waals surface area contributed by atoms with Crippen LogP contribution in [0.1, 0.15) is 39.6 Å². The minimum absolute atomic E-state index is 0.257. The Bertz CT molecular complexity index is 1460. The summed E-state index contributed by atoms with van der Waals surface area (Å²) in [7, 11) is 3.40. The van der Waals surface area contributed by atoms with Gasteiger partial charge in [0.25, 0.3) is 5.91 Å². The first-order chi connectivity index (χ1) is 17.4. The van der Waals surface area contributed by atoms with Crippen molar-refractivity contribution in [3.05, 3.63) is 89.2 Å². The number of methoxy groups -OCH3 is 1. The van der Waals surface area contributed by atoms with Crippen LogP contribution in [-0.4, -0.2) is 51.1 Å². The third-order valence-corrected chi connectivity index (χ3v) is 6.20. The Kier molecular flexibility index (Phi) is 6.20. The van der Waals surface area contributed by atoms with Crippen LogP contribution < -0.4 is 4.74 Å². The standard InChI is InChI=1S/C27H25N5O4/c1-17-22-13-20(15-28-26(22)31(2)29-17)27(34)36-16-25(33)32-24(19-9-11-21(35-3)12-10-19)14-23(30-32)18-7-5-4-6-8-18/h4-13,15,24H,14,16H2,1-3H3. The summed E-state index contributed by atoms with van der Waals surface area (Å²) in [6.07, 6.45) is 1.97. The first kappa shape index (κ1) is 23.2. The van der Waals surface area contributed by atoms with Crippen LogP contribution in [0.3, 0.4) is 0 Å². The lowest BCUT2D eigenvalue weighted by Crippen LogP contribution is -2.31. The van der Waals surface area contributed by atoms with E-state index in [1.54, 1.807) is 24.9 Å². The largest absolute Gasteiger partial charge is 0.497 e. The van der Waals surface area contributed by atoms with Crippen LogP contribution in [0.15, 0.2) is 72.0 Å². The molecule has 1 amide bonds. The molecule has 1 aliphatic rings. The molecule has 0 bridgehead atoms. The minimum atomic E-state index is -0.631. The zero-order valence-corrected chi connectivity index (χ0v) is 20.2. The van der Waals surface area contributed by atoms with Crippen molar-refractivity contribution >= 4 is 28.6 Å². The van der Waals surface area contributed by atoms with E-state index in [1.165, 1.54) is 11.2 Å². The van der Waals surface area contributed by atoms with E-state index in [2.05, 4.69) is 15.2 Å². The molecule has 0 saturated carbocycles. The predicted octanol–water partition coefficient (Wildman–Crippen LogP) is 3.82. The molecule has 5 rings (SSSR count). The summed E-state index contributed by atoms with van der Waals surface area (Å²) in [5.74, 6) is -0.322. The first-order valence-electron chi connectivity index (χ1n) is 11.5. The van der Waals surface area contributed by atoms with Crippen molar-refractivity contribution < 1.29 is 19.1 Å². The lowest BCUT2D eigenvalue weighted by molar-refractivity contribution is -0.136. The Labute approximate surface area is 208 Å². The van der Waals surface area contributed by atoms with Crippen molar-refractivity contribution in [1.29, 1.82) is 0 Å². The Morgan fingerprint density at radius 3 is 2.56 bits per heavy atom.